The molecule has 0 radical (unpaired) electrons. The van der Waals surface area contributed by atoms with Crippen LogP contribution in [-0.4, -0.2) is 28.3 Å². The van der Waals surface area contributed by atoms with E-state index in [1.807, 2.05) is 28.7 Å². The first kappa shape index (κ1) is 12.0. The minimum atomic E-state index is 1.03. The van der Waals surface area contributed by atoms with Crippen molar-refractivity contribution in [3.63, 3.8) is 0 Å². The molecule has 0 aliphatic heterocycles. The highest BCUT2D eigenvalue weighted by Gasteiger charge is 1.96. The second-order valence-corrected chi connectivity index (χ2v) is 4.76. The number of anilines is 1. The molecule has 3 nitrogen and oxygen atoms in total. The van der Waals surface area contributed by atoms with Gasteiger partial charge in [0.2, 0.25) is 0 Å². The van der Waals surface area contributed by atoms with Crippen molar-refractivity contribution in [1.29, 1.82) is 0 Å². The van der Waals surface area contributed by atoms with Crippen molar-refractivity contribution in [3.8, 4) is 5.69 Å². The fourth-order valence-corrected chi connectivity index (χ4v) is 2.04. The monoisotopic (exact) mass is 247 g/mol. The molecule has 2 aromatic rings. The number of nitrogens with one attached hydrogen (secondary N) is 1. The Morgan fingerprint density at radius 3 is 2.76 bits per heavy atom. The van der Waals surface area contributed by atoms with Gasteiger partial charge in [-0.25, -0.2) is 4.68 Å². The summed E-state index contributed by atoms with van der Waals surface area (Å²) in [6, 6.07) is 10.3. The van der Waals surface area contributed by atoms with Crippen molar-refractivity contribution in [2.75, 3.05) is 23.9 Å². The van der Waals surface area contributed by atoms with Crippen LogP contribution in [0.15, 0.2) is 42.7 Å². The average molecular weight is 247 g/mol. The SMILES string of the molecule is CSCCCNc1ccc(-n2cccn2)cc1. The van der Waals surface area contributed by atoms with Gasteiger partial charge >= 0.3 is 0 Å². The van der Waals surface area contributed by atoms with E-state index in [0.717, 1.165) is 12.2 Å². The molecule has 90 valence electrons. The molecule has 0 amide bonds. The van der Waals surface area contributed by atoms with Gasteiger partial charge in [0.05, 0.1) is 5.69 Å². The van der Waals surface area contributed by atoms with Crippen LogP contribution in [0.3, 0.4) is 0 Å². The number of aromatic nitrogens is 2. The van der Waals surface area contributed by atoms with Crippen molar-refractivity contribution in [3.05, 3.63) is 42.7 Å². The fourth-order valence-electron chi connectivity index (χ4n) is 1.60. The van der Waals surface area contributed by atoms with E-state index in [2.05, 4.69) is 40.9 Å². The summed E-state index contributed by atoms with van der Waals surface area (Å²) in [5, 5.41) is 7.61. The number of rotatable bonds is 6. The van der Waals surface area contributed by atoms with Gasteiger partial charge in [-0.2, -0.15) is 16.9 Å². The Bertz CT molecular complexity index is 422. The first-order valence-electron chi connectivity index (χ1n) is 5.73. The predicted octanol–water partition coefficient (Wildman–Crippen LogP) is 3.04. The zero-order chi connectivity index (χ0) is 11.9. The Balaban J connectivity index is 1.90. The quantitative estimate of drug-likeness (QED) is 0.796. The third-order valence-electron chi connectivity index (χ3n) is 2.49. The largest absolute Gasteiger partial charge is 0.385 e. The maximum atomic E-state index is 4.20. The normalized spacial score (nSPS) is 10.4. The molecular weight excluding hydrogens is 230 g/mol. The van der Waals surface area contributed by atoms with E-state index < -0.39 is 0 Å². The molecule has 0 spiro atoms. The number of hydrogen-bond donors (Lipinski definition) is 1. The Hall–Kier alpha value is -1.42. The summed E-state index contributed by atoms with van der Waals surface area (Å²) in [6.07, 6.45) is 7.07. The van der Waals surface area contributed by atoms with Crippen LogP contribution in [0.5, 0.6) is 0 Å². The second-order valence-electron chi connectivity index (χ2n) is 3.77. The number of hydrogen-bond acceptors (Lipinski definition) is 3. The van der Waals surface area contributed by atoms with Crippen LogP contribution >= 0.6 is 11.8 Å². The zero-order valence-electron chi connectivity index (χ0n) is 9.97. The minimum absolute atomic E-state index is 1.03. The molecule has 1 N–H and O–H groups in total. The molecule has 0 unspecified atom stereocenters. The molecule has 0 saturated heterocycles. The van der Waals surface area contributed by atoms with E-state index in [1.165, 1.54) is 17.9 Å². The molecule has 1 aromatic carbocycles. The molecule has 0 saturated carbocycles. The van der Waals surface area contributed by atoms with E-state index in [9.17, 15) is 0 Å². The van der Waals surface area contributed by atoms with Crippen LogP contribution in [0.1, 0.15) is 6.42 Å². The lowest BCUT2D eigenvalue weighted by atomic mass is 10.3. The summed E-state index contributed by atoms with van der Waals surface area (Å²) in [7, 11) is 0. The molecule has 1 aromatic heterocycles. The molecule has 1 heterocycles. The van der Waals surface area contributed by atoms with E-state index in [0.29, 0.717) is 0 Å². The summed E-state index contributed by atoms with van der Waals surface area (Å²) >= 11 is 1.89. The van der Waals surface area contributed by atoms with Gasteiger partial charge in [0.1, 0.15) is 0 Å². The first-order chi connectivity index (χ1) is 8.40. The third kappa shape index (κ3) is 3.53. The van der Waals surface area contributed by atoms with Gasteiger partial charge in [0.25, 0.3) is 0 Å². The lowest BCUT2D eigenvalue weighted by molar-refractivity contribution is 0.880. The summed E-state index contributed by atoms with van der Waals surface area (Å²) in [6.45, 7) is 1.03. The Morgan fingerprint density at radius 1 is 1.29 bits per heavy atom. The van der Waals surface area contributed by atoms with Crippen LogP contribution in [0.4, 0.5) is 5.69 Å². The first-order valence-corrected chi connectivity index (χ1v) is 7.12. The molecule has 0 fully saturated rings. The third-order valence-corrected chi connectivity index (χ3v) is 3.19. The highest BCUT2D eigenvalue weighted by molar-refractivity contribution is 7.98. The maximum absolute atomic E-state index is 4.20. The lowest BCUT2D eigenvalue weighted by Crippen LogP contribution is -2.02. The van der Waals surface area contributed by atoms with E-state index >= 15 is 0 Å². The summed E-state index contributed by atoms with van der Waals surface area (Å²) in [4.78, 5) is 0. The molecule has 0 aliphatic carbocycles. The van der Waals surface area contributed by atoms with Gasteiger partial charge in [-0.3, -0.25) is 0 Å². The highest BCUT2D eigenvalue weighted by atomic mass is 32.2. The number of thioether (sulfide) groups is 1. The van der Waals surface area contributed by atoms with Crippen LogP contribution in [-0.2, 0) is 0 Å². The van der Waals surface area contributed by atoms with Gasteiger partial charge in [-0.1, -0.05) is 0 Å². The molecular formula is C13H17N3S. The predicted molar refractivity (Wildman–Crippen MR) is 75.1 cm³/mol. The second kappa shape index (κ2) is 6.35. The molecule has 0 atom stereocenters. The average Bonchev–Trinajstić information content (AvgIpc) is 2.89. The molecule has 4 heteroatoms. The summed E-state index contributed by atoms with van der Waals surface area (Å²) in [5.74, 6) is 1.21. The maximum Gasteiger partial charge on any atom is 0.0647 e. The van der Waals surface area contributed by atoms with Crippen molar-refractivity contribution in [1.82, 2.24) is 9.78 Å². The van der Waals surface area contributed by atoms with Gasteiger partial charge in [-0.15, -0.1) is 0 Å². The zero-order valence-corrected chi connectivity index (χ0v) is 10.8. The van der Waals surface area contributed by atoms with Gasteiger partial charge in [-0.05, 0) is 48.8 Å². The standard InChI is InChI=1S/C13H17N3S/c1-17-11-3-8-14-12-4-6-13(7-5-12)16-10-2-9-15-16/h2,4-7,9-10,14H,3,8,11H2,1H3. The van der Waals surface area contributed by atoms with Crippen LogP contribution in [0, 0.1) is 0 Å². The van der Waals surface area contributed by atoms with Crippen LogP contribution in [0.25, 0.3) is 5.69 Å². The Labute approximate surface area is 106 Å². The van der Waals surface area contributed by atoms with Crippen molar-refractivity contribution < 1.29 is 0 Å². The van der Waals surface area contributed by atoms with Crippen LogP contribution in [0.2, 0.25) is 0 Å². The molecule has 2 rings (SSSR count). The van der Waals surface area contributed by atoms with Crippen molar-refractivity contribution in [2.45, 2.75) is 6.42 Å². The summed E-state index contributed by atoms with van der Waals surface area (Å²) < 4.78 is 1.86. The molecule has 0 bridgehead atoms. The van der Waals surface area contributed by atoms with Gasteiger partial charge < -0.3 is 5.32 Å². The topological polar surface area (TPSA) is 29.9 Å². The minimum Gasteiger partial charge on any atom is -0.385 e. The molecule has 0 aliphatic rings. The Kier molecular flexibility index (Phi) is 4.50. The molecule has 17 heavy (non-hydrogen) atoms. The van der Waals surface area contributed by atoms with Crippen LogP contribution < -0.4 is 5.32 Å². The van der Waals surface area contributed by atoms with Gasteiger partial charge in [0, 0.05) is 24.6 Å². The van der Waals surface area contributed by atoms with Crippen molar-refractivity contribution in [2.24, 2.45) is 0 Å². The highest BCUT2D eigenvalue weighted by Crippen LogP contribution is 2.12. The number of nitrogens with zero attached hydrogens (tertiary/aromatic N) is 2. The summed E-state index contributed by atoms with van der Waals surface area (Å²) in [5.41, 5.74) is 2.26. The van der Waals surface area contributed by atoms with E-state index in [-0.39, 0.29) is 0 Å². The number of benzene rings is 1. The van der Waals surface area contributed by atoms with Gasteiger partial charge in [0.15, 0.2) is 0 Å². The Morgan fingerprint density at radius 2 is 2.12 bits per heavy atom. The smallest absolute Gasteiger partial charge is 0.0647 e. The van der Waals surface area contributed by atoms with Crippen molar-refractivity contribution >= 4 is 17.4 Å². The lowest BCUT2D eigenvalue weighted by Gasteiger charge is -2.07. The fraction of sp³-hybridized carbons (Fsp3) is 0.308. The van der Waals surface area contributed by atoms with E-state index in [4.69, 9.17) is 0 Å². The van der Waals surface area contributed by atoms with E-state index in [1.54, 1.807) is 6.20 Å².